The molecule has 0 bridgehead atoms. The van der Waals surface area contributed by atoms with Crippen molar-refractivity contribution in [3.63, 3.8) is 0 Å². The van der Waals surface area contributed by atoms with Crippen LogP contribution in [0, 0.1) is 0 Å². The summed E-state index contributed by atoms with van der Waals surface area (Å²) in [6.07, 6.45) is 5.74. The number of carbonyl (C=O) groups is 3. The lowest BCUT2D eigenvalue weighted by Gasteiger charge is -2.42. The molecular formula is C24H33N3O6. The van der Waals surface area contributed by atoms with Gasteiger partial charge in [0, 0.05) is 25.9 Å². The molecule has 9 nitrogen and oxygen atoms in total. The van der Waals surface area contributed by atoms with Crippen LogP contribution < -0.4 is 15.4 Å². The molecule has 4 rings (SSSR count). The lowest BCUT2D eigenvalue weighted by atomic mass is 9.94. The van der Waals surface area contributed by atoms with Gasteiger partial charge in [-0.15, -0.1) is 0 Å². The molecule has 0 radical (unpaired) electrons. The van der Waals surface area contributed by atoms with E-state index in [2.05, 4.69) is 10.6 Å². The zero-order valence-electron chi connectivity index (χ0n) is 19.3. The van der Waals surface area contributed by atoms with Crippen LogP contribution in [0.15, 0.2) is 18.2 Å². The summed E-state index contributed by atoms with van der Waals surface area (Å²) < 4.78 is 17.1. The predicted octanol–water partition coefficient (Wildman–Crippen LogP) is 2.10. The Bertz CT molecular complexity index is 885. The van der Waals surface area contributed by atoms with Gasteiger partial charge in [-0.2, -0.15) is 0 Å². The molecule has 1 aromatic rings. The lowest BCUT2D eigenvalue weighted by Crippen LogP contribution is -2.54. The number of amides is 3. The van der Waals surface area contributed by atoms with Gasteiger partial charge < -0.3 is 29.7 Å². The number of nitrogens with one attached hydrogen (secondary N) is 2. The Morgan fingerprint density at radius 3 is 2.70 bits per heavy atom. The second-order valence-electron chi connectivity index (χ2n) is 9.11. The molecule has 33 heavy (non-hydrogen) atoms. The molecule has 2 aliphatic heterocycles. The van der Waals surface area contributed by atoms with Crippen LogP contribution in [0.25, 0.3) is 0 Å². The average Bonchev–Trinajstić information content (AvgIpc) is 3.29. The minimum absolute atomic E-state index is 0.0370. The Kier molecular flexibility index (Phi) is 7.49. The first-order valence-corrected chi connectivity index (χ1v) is 11.7. The zero-order chi connectivity index (χ0) is 23.4. The fourth-order valence-corrected chi connectivity index (χ4v) is 5.00. The molecule has 1 aliphatic carbocycles. The van der Waals surface area contributed by atoms with Crippen LogP contribution in [0.5, 0.6) is 5.75 Å². The topological polar surface area (TPSA) is 106 Å². The van der Waals surface area contributed by atoms with Gasteiger partial charge in [-0.05, 0) is 43.9 Å². The van der Waals surface area contributed by atoms with Gasteiger partial charge in [-0.25, -0.2) is 0 Å². The van der Waals surface area contributed by atoms with Gasteiger partial charge in [0.2, 0.25) is 11.8 Å². The van der Waals surface area contributed by atoms with Crippen molar-refractivity contribution >= 4 is 23.4 Å². The van der Waals surface area contributed by atoms with Crippen molar-refractivity contribution in [3.8, 4) is 5.75 Å². The Labute approximate surface area is 194 Å². The van der Waals surface area contributed by atoms with Gasteiger partial charge in [0.05, 0.1) is 24.1 Å². The Morgan fingerprint density at radius 1 is 1.15 bits per heavy atom. The number of anilines is 1. The van der Waals surface area contributed by atoms with E-state index in [1.165, 1.54) is 20.0 Å². The van der Waals surface area contributed by atoms with E-state index in [-0.39, 0.29) is 49.2 Å². The van der Waals surface area contributed by atoms with Crippen LogP contribution in [-0.4, -0.2) is 74.3 Å². The maximum absolute atomic E-state index is 13.2. The SMILES string of the molecule is COCC(=O)Nc1ccc2c(c1)C(=O)N(C)[C@@H]1CC[C@@H](CC(=O)NC3CCCC3)O[C@@H]1CO2. The number of ether oxygens (including phenoxy) is 3. The van der Waals surface area contributed by atoms with Gasteiger partial charge in [0.25, 0.3) is 5.91 Å². The van der Waals surface area contributed by atoms with Crippen LogP contribution >= 0.6 is 0 Å². The first kappa shape index (κ1) is 23.5. The Balaban J connectivity index is 1.41. The molecule has 3 aliphatic rings. The molecule has 1 aromatic carbocycles. The lowest BCUT2D eigenvalue weighted by molar-refractivity contribution is -0.134. The highest BCUT2D eigenvalue weighted by Crippen LogP contribution is 2.32. The number of methoxy groups -OCH3 is 1. The average molecular weight is 460 g/mol. The molecule has 3 atom stereocenters. The molecule has 0 aromatic heterocycles. The summed E-state index contributed by atoms with van der Waals surface area (Å²) in [6, 6.07) is 5.15. The van der Waals surface area contributed by atoms with Crippen molar-refractivity contribution in [2.75, 3.05) is 32.7 Å². The van der Waals surface area contributed by atoms with Crippen molar-refractivity contribution in [1.82, 2.24) is 10.2 Å². The normalized spacial score (nSPS) is 25.3. The van der Waals surface area contributed by atoms with Gasteiger partial charge >= 0.3 is 0 Å². The maximum Gasteiger partial charge on any atom is 0.257 e. The summed E-state index contributed by atoms with van der Waals surface area (Å²) in [7, 11) is 3.21. The van der Waals surface area contributed by atoms with E-state index in [4.69, 9.17) is 14.2 Å². The van der Waals surface area contributed by atoms with E-state index in [0.29, 0.717) is 35.9 Å². The standard InChI is InChI=1S/C24H33N3O6/c1-27-19-9-8-17(12-22(28)25-15-5-3-4-6-15)33-21(19)13-32-20-10-7-16(11-18(20)24(27)30)26-23(29)14-31-2/h7,10-11,15,17,19,21H,3-6,8-9,12-14H2,1-2H3,(H,25,28)(H,26,29)/t17-,19+,21+/m0/s1. The van der Waals surface area contributed by atoms with E-state index in [1.54, 1.807) is 30.1 Å². The zero-order valence-corrected chi connectivity index (χ0v) is 19.3. The molecule has 0 spiro atoms. The number of hydrogen-bond acceptors (Lipinski definition) is 6. The monoisotopic (exact) mass is 459 g/mol. The Morgan fingerprint density at radius 2 is 1.94 bits per heavy atom. The summed E-state index contributed by atoms with van der Waals surface area (Å²) in [4.78, 5) is 39.2. The van der Waals surface area contributed by atoms with Crippen LogP contribution in [0.1, 0.15) is 55.3 Å². The molecule has 2 N–H and O–H groups in total. The number of nitrogens with zero attached hydrogens (tertiary/aromatic N) is 1. The van der Waals surface area contributed by atoms with Gasteiger partial charge in [0.1, 0.15) is 25.1 Å². The first-order valence-electron chi connectivity index (χ1n) is 11.7. The summed E-state index contributed by atoms with van der Waals surface area (Å²) in [5.74, 6) is -0.00739. The van der Waals surface area contributed by atoms with Crippen molar-refractivity contribution < 1.29 is 28.6 Å². The third-order valence-electron chi connectivity index (χ3n) is 6.70. The van der Waals surface area contributed by atoms with Crippen LogP contribution in [0.2, 0.25) is 0 Å². The predicted molar refractivity (Wildman–Crippen MR) is 121 cm³/mol. The fraction of sp³-hybridized carbons (Fsp3) is 0.625. The molecular weight excluding hydrogens is 426 g/mol. The molecule has 3 amide bonds. The summed E-state index contributed by atoms with van der Waals surface area (Å²) >= 11 is 0. The van der Waals surface area contributed by atoms with Crippen molar-refractivity contribution in [2.45, 2.75) is 69.2 Å². The molecule has 9 heteroatoms. The number of benzene rings is 1. The second-order valence-corrected chi connectivity index (χ2v) is 9.11. The summed E-state index contributed by atoms with van der Waals surface area (Å²) in [6.45, 7) is 0.216. The summed E-state index contributed by atoms with van der Waals surface area (Å²) in [5, 5.41) is 5.84. The minimum Gasteiger partial charge on any atom is -0.490 e. The van der Waals surface area contributed by atoms with Crippen molar-refractivity contribution in [3.05, 3.63) is 23.8 Å². The Hall–Kier alpha value is -2.65. The van der Waals surface area contributed by atoms with E-state index >= 15 is 0 Å². The third kappa shape index (κ3) is 5.65. The number of likely N-dealkylation sites (N-methyl/N-ethyl adjacent to an activating group) is 1. The maximum atomic E-state index is 13.2. The molecule has 0 unspecified atom stereocenters. The van der Waals surface area contributed by atoms with Crippen LogP contribution in [0.4, 0.5) is 5.69 Å². The largest absolute Gasteiger partial charge is 0.490 e. The summed E-state index contributed by atoms with van der Waals surface area (Å²) in [5.41, 5.74) is 0.899. The first-order chi connectivity index (χ1) is 15.9. The molecule has 1 saturated carbocycles. The van der Waals surface area contributed by atoms with Crippen LogP contribution in [-0.2, 0) is 19.1 Å². The van der Waals surface area contributed by atoms with Gasteiger partial charge in [-0.3, -0.25) is 14.4 Å². The molecule has 180 valence electrons. The highest BCUT2D eigenvalue weighted by atomic mass is 16.5. The quantitative estimate of drug-likeness (QED) is 0.675. The highest BCUT2D eigenvalue weighted by Gasteiger charge is 2.39. The number of rotatable bonds is 6. The highest BCUT2D eigenvalue weighted by molar-refractivity contribution is 6.00. The van der Waals surface area contributed by atoms with Crippen molar-refractivity contribution in [1.29, 1.82) is 0 Å². The number of hydrogen-bond donors (Lipinski definition) is 2. The fourth-order valence-electron chi connectivity index (χ4n) is 5.00. The van der Waals surface area contributed by atoms with Gasteiger partial charge in [-0.1, -0.05) is 12.8 Å². The van der Waals surface area contributed by atoms with E-state index in [9.17, 15) is 14.4 Å². The molecule has 2 fully saturated rings. The smallest absolute Gasteiger partial charge is 0.257 e. The van der Waals surface area contributed by atoms with Crippen LogP contribution in [0.3, 0.4) is 0 Å². The molecule has 1 saturated heterocycles. The van der Waals surface area contributed by atoms with Gasteiger partial charge in [0.15, 0.2) is 0 Å². The van der Waals surface area contributed by atoms with Crippen molar-refractivity contribution in [2.24, 2.45) is 0 Å². The number of fused-ring (bicyclic) bond motifs is 2. The minimum atomic E-state index is -0.314. The van der Waals surface area contributed by atoms with E-state index < -0.39 is 0 Å². The molecule has 2 heterocycles. The second kappa shape index (κ2) is 10.5. The van der Waals surface area contributed by atoms with E-state index in [1.807, 2.05) is 0 Å². The van der Waals surface area contributed by atoms with E-state index in [0.717, 1.165) is 19.3 Å². The third-order valence-corrected chi connectivity index (χ3v) is 6.70. The number of carbonyl (C=O) groups excluding carboxylic acids is 3.